The zero-order valence-corrected chi connectivity index (χ0v) is 19.7. The van der Waals surface area contributed by atoms with Gasteiger partial charge in [0.1, 0.15) is 6.04 Å². The average Bonchev–Trinajstić information content (AvgIpc) is 3.35. The number of nitrogens with one attached hydrogen (secondary N) is 2. The molecule has 0 saturated carbocycles. The fraction of sp³-hybridized carbons (Fsp3) is 0.524. The van der Waals surface area contributed by atoms with Crippen LogP contribution in [0.2, 0.25) is 0 Å². The van der Waals surface area contributed by atoms with Crippen molar-refractivity contribution in [2.24, 2.45) is 21.5 Å². The molecule has 3 amide bonds. The Balaban J connectivity index is 1.54. The summed E-state index contributed by atoms with van der Waals surface area (Å²) in [6.45, 7) is 0.869. The summed E-state index contributed by atoms with van der Waals surface area (Å²) in [6.07, 6.45) is -2.85. The van der Waals surface area contributed by atoms with Crippen molar-refractivity contribution in [1.82, 2.24) is 25.4 Å². The van der Waals surface area contributed by atoms with Crippen LogP contribution in [0.4, 0.5) is 13.2 Å². The van der Waals surface area contributed by atoms with Gasteiger partial charge in [-0.2, -0.15) is 13.2 Å². The van der Waals surface area contributed by atoms with E-state index in [4.69, 9.17) is 11.5 Å². The zero-order valence-electron chi connectivity index (χ0n) is 19.7. The number of halogens is 3. The molecule has 4 atom stereocenters. The van der Waals surface area contributed by atoms with Crippen LogP contribution in [0.15, 0.2) is 28.4 Å². The zero-order chi connectivity index (χ0) is 27.1. The van der Waals surface area contributed by atoms with Crippen LogP contribution >= 0.6 is 0 Å². The maximum Gasteiger partial charge on any atom is 0.417 e. The van der Waals surface area contributed by atoms with Crippen LogP contribution in [0.1, 0.15) is 35.7 Å². The number of alkyl halides is 3. The predicted octanol–water partition coefficient (Wildman–Crippen LogP) is -1.66. The minimum absolute atomic E-state index is 0.0234. The molecule has 3 aliphatic heterocycles. The highest BCUT2D eigenvalue weighted by Gasteiger charge is 2.56. The molecule has 16 heteroatoms. The molecule has 13 nitrogen and oxygen atoms in total. The number of guanidine groups is 2. The van der Waals surface area contributed by atoms with E-state index in [-0.39, 0.29) is 55.2 Å². The second-order valence-corrected chi connectivity index (χ2v) is 9.06. The molecule has 4 heterocycles. The Labute approximate surface area is 208 Å². The first-order chi connectivity index (χ1) is 17.4. The minimum Gasteiger partial charge on any atom is -0.392 e. The lowest BCUT2D eigenvalue weighted by atomic mass is 9.91. The van der Waals surface area contributed by atoms with Crippen molar-refractivity contribution in [1.29, 1.82) is 0 Å². The van der Waals surface area contributed by atoms with E-state index in [1.807, 2.05) is 0 Å². The third-order valence-corrected chi connectivity index (χ3v) is 6.46. The quantitative estimate of drug-likeness (QED) is 0.259. The molecule has 0 aromatic carbocycles. The lowest BCUT2D eigenvalue weighted by Gasteiger charge is -2.49. The van der Waals surface area contributed by atoms with Crippen molar-refractivity contribution in [2.75, 3.05) is 19.7 Å². The number of fused-ring (bicyclic) bond motifs is 1. The molecular formula is C21H26F3N9O4. The SMILES string of the molecule is CC(CN1C(N)=N[C@@H](CN2C(=O)CCC2=O)C2N=C(N)NC21CO)NC(=O)c1cncc(C(F)(F)F)c1. The van der Waals surface area contributed by atoms with Gasteiger partial charge in [0.05, 0.1) is 30.3 Å². The average molecular weight is 525 g/mol. The number of amides is 3. The van der Waals surface area contributed by atoms with Crippen molar-refractivity contribution in [2.45, 2.75) is 49.7 Å². The number of pyridine rings is 1. The van der Waals surface area contributed by atoms with Crippen LogP contribution in [-0.2, 0) is 15.8 Å². The van der Waals surface area contributed by atoms with Gasteiger partial charge in [-0.3, -0.25) is 24.3 Å². The summed E-state index contributed by atoms with van der Waals surface area (Å²) in [5.41, 5.74) is 9.40. The Morgan fingerprint density at radius 2 is 1.95 bits per heavy atom. The maximum atomic E-state index is 13.0. The number of carbonyl (C=O) groups excluding carboxylic acids is 3. The first-order valence-electron chi connectivity index (χ1n) is 11.3. The third kappa shape index (κ3) is 4.87. The van der Waals surface area contributed by atoms with Crippen LogP contribution in [0.25, 0.3) is 0 Å². The number of aliphatic imine (C=N–C) groups is 2. The Morgan fingerprint density at radius 1 is 1.27 bits per heavy atom. The summed E-state index contributed by atoms with van der Waals surface area (Å²) in [5.74, 6) is -1.59. The van der Waals surface area contributed by atoms with E-state index in [0.717, 1.165) is 11.1 Å². The molecule has 1 fully saturated rings. The van der Waals surface area contributed by atoms with E-state index in [1.54, 1.807) is 6.92 Å². The summed E-state index contributed by atoms with van der Waals surface area (Å²) < 4.78 is 39.0. The number of nitrogens with two attached hydrogens (primary N) is 2. The van der Waals surface area contributed by atoms with Gasteiger partial charge < -0.3 is 32.1 Å². The van der Waals surface area contributed by atoms with E-state index in [9.17, 15) is 32.7 Å². The lowest BCUT2D eigenvalue weighted by molar-refractivity contribution is -0.139. The number of rotatable bonds is 7. The molecular weight excluding hydrogens is 499 g/mol. The molecule has 7 N–H and O–H groups in total. The van der Waals surface area contributed by atoms with Gasteiger partial charge >= 0.3 is 6.18 Å². The third-order valence-electron chi connectivity index (χ3n) is 6.46. The van der Waals surface area contributed by atoms with Crippen molar-refractivity contribution < 1.29 is 32.7 Å². The van der Waals surface area contributed by atoms with Gasteiger partial charge in [-0.05, 0) is 13.0 Å². The van der Waals surface area contributed by atoms with Gasteiger partial charge in [-0.1, -0.05) is 0 Å². The maximum absolute atomic E-state index is 13.0. The monoisotopic (exact) mass is 525 g/mol. The van der Waals surface area contributed by atoms with Crippen LogP contribution in [-0.4, -0.2) is 93.0 Å². The number of hydrogen-bond donors (Lipinski definition) is 5. The van der Waals surface area contributed by atoms with Crippen molar-refractivity contribution in [3.05, 3.63) is 29.6 Å². The van der Waals surface area contributed by atoms with Crippen molar-refractivity contribution in [3.8, 4) is 0 Å². The Kier molecular flexibility index (Phi) is 6.70. The number of nitrogens with zero attached hydrogens (tertiary/aromatic N) is 5. The molecule has 3 aliphatic rings. The standard InChI is InChI=1S/C21H26F3N9O4/c1-10(28-17(37)11-4-12(6-27-5-11)21(22,23)24)7-33-19(26)29-13(8-32-14(35)2-3-15(32)36)16-20(33,9-34)31-18(25)30-16/h4-6,10,13,16,34H,2-3,7-9H2,1H3,(H2,26,29)(H,28,37)(H3,25,30,31)/t10?,13-,16?,20?/m0/s1. The van der Waals surface area contributed by atoms with E-state index >= 15 is 0 Å². The molecule has 0 aliphatic carbocycles. The summed E-state index contributed by atoms with van der Waals surface area (Å²) in [6, 6.07) is -1.66. The molecule has 200 valence electrons. The Hall–Kier alpha value is -3.95. The van der Waals surface area contributed by atoms with Gasteiger partial charge in [0, 0.05) is 37.8 Å². The lowest BCUT2D eigenvalue weighted by Crippen LogP contribution is -2.74. The second-order valence-electron chi connectivity index (χ2n) is 9.06. The van der Waals surface area contributed by atoms with Gasteiger partial charge in [-0.15, -0.1) is 0 Å². The van der Waals surface area contributed by atoms with Gasteiger partial charge in [0.2, 0.25) is 11.8 Å². The number of aliphatic hydroxyl groups excluding tert-OH is 1. The minimum atomic E-state index is -4.66. The second kappa shape index (κ2) is 9.49. The molecule has 3 unspecified atom stereocenters. The largest absolute Gasteiger partial charge is 0.417 e. The van der Waals surface area contributed by atoms with Crippen LogP contribution in [0, 0.1) is 0 Å². The van der Waals surface area contributed by atoms with Crippen LogP contribution in [0.5, 0.6) is 0 Å². The summed E-state index contributed by atoms with van der Waals surface area (Å²) >= 11 is 0. The normalized spacial score (nSPS) is 26.4. The number of imide groups is 1. The van der Waals surface area contributed by atoms with Crippen LogP contribution in [0.3, 0.4) is 0 Å². The molecule has 1 saturated heterocycles. The van der Waals surface area contributed by atoms with E-state index < -0.39 is 48.0 Å². The molecule has 1 aromatic heterocycles. The van der Waals surface area contributed by atoms with E-state index in [1.165, 1.54) is 4.90 Å². The van der Waals surface area contributed by atoms with Crippen LogP contribution < -0.4 is 22.1 Å². The molecule has 0 spiro atoms. The number of hydrogen-bond acceptors (Lipinski definition) is 11. The highest BCUT2D eigenvalue weighted by Crippen LogP contribution is 2.33. The highest BCUT2D eigenvalue weighted by molar-refractivity contribution is 6.02. The number of carbonyl (C=O) groups is 3. The van der Waals surface area contributed by atoms with Gasteiger partial charge in [0.15, 0.2) is 17.6 Å². The molecule has 0 radical (unpaired) electrons. The first-order valence-corrected chi connectivity index (χ1v) is 11.3. The summed E-state index contributed by atoms with van der Waals surface area (Å²) in [7, 11) is 0. The predicted molar refractivity (Wildman–Crippen MR) is 123 cm³/mol. The smallest absolute Gasteiger partial charge is 0.392 e. The molecule has 4 rings (SSSR count). The summed E-state index contributed by atoms with van der Waals surface area (Å²) in [4.78, 5) is 51.6. The molecule has 37 heavy (non-hydrogen) atoms. The van der Waals surface area contributed by atoms with Crippen molar-refractivity contribution >= 4 is 29.6 Å². The number of likely N-dealkylation sites (tertiary alicyclic amines) is 1. The highest BCUT2D eigenvalue weighted by atomic mass is 19.4. The van der Waals surface area contributed by atoms with Gasteiger partial charge in [-0.25, -0.2) is 9.98 Å². The number of aromatic nitrogens is 1. The summed E-state index contributed by atoms with van der Waals surface area (Å²) in [5, 5.41) is 15.9. The van der Waals surface area contributed by atoms with Gasteiger partial charge in [0.25, 0.3) is 5.91 Å². The topological polar surface area (TPSA) is 192 Å². The Bertz CT molecular complexity index is 1160. The first kappa shape index (κ1) is 26.1. The molecule has 1 aromatic rings. The van der Waals surface area contributed by atoms with E-state index in [0.29, 0.717) is 12.3 Å². The van der Waals surface area contributed by atoms with Crippen molar-refractivity contribution in [3.63, 3.8) is 0 Å². The number of aliphatic hydroxyl groups is 1. The Morgan fingerprint density at radius 3 is 2.57 bits per heavy atom. The molecule has 0 bridgehead atoms. The fourth-order valence-electron chi connectivity index (χ4n) is 4.71. The van der Waals surface area contributed by atoms with E-state index in [2.05, 4.69) is 25.6 Å². The fourth-order valence-corrected chi connectivity index (χ4v) is 4.71.